The van der Waals surface area contributed by atoms with Crippen molar-refractivity contribution >= 4 is 66.6 Å². The van der Waals surface area contributed by atoms with E-state index in [1.165, 1.54) is 17.0 Å². The Morgan fingerprint density at radius 3 is 2.36 bits per heavy atom. The summed E-state index contributed by atoms with van der Waals surface area (Å²) in [5.41, 5.74) is -0.206. The number of rotatable bonds is 5. The first-order chi connectivity index (χ1) is 16.7. The van der Waals surface area contributed by atoms with Crippen molar-refractivity contribution in [3.63, 3.8) is 0 Å². The third kappa shape index (κ3) is 4.34. The van der Waals surface area contributed by atoms with Crippen LogP contribution in [-0.2, 0) is 32.2 Å². The maximum absolute atomic E-state index is 14.8. The standard InChI is InChI=1S/C22H22B4ClF2N3O4/c23-15-8-20(24,18(35)30-16(15)33)32-9-10-7-12(3-6-14(10)17(32)34)22(25,26)31-19(36)21(28,29)11-1-4-13(27)5-2-11/h1-7,15H,8-9,23-26H2,(H,31,36)(H,30,33,35)/t15?,20-/m0/s1. The molecule has 0 saturated carbocycles. The van der Waals surface area contributed by atoms with Crippen LogP contribution in [0.5, 0.6) is 0 Å². The molecule has 36 heavy (non-hydrogen) atoms. The number of amides is 4. The summed E-state index contributed by atoms with van der Waals surface area (Å²) >= 11 is 5.76. The second-order valence-electron chi connectivity index (χ2n) is 10.1. The number of carbonyl (C=O) groups is 4. The highest BCUT2D eigenvalue weighted by Crippen LogP contribution is 2.36. The molecule has 1 fully saturated rings. The number of hydrogen-bond acceptors (Lipinski definition) is 4. The average Bonchev–Trinajstić information content (AvgIpc) is 3.14. The van der Waals surface area contributed by atoms with Gasteiger partial charge in [0.25, 0.3) is 11.8 Å². The molecule has 7 nitrogen and oxygen atoms in total. The molecular weight excluding hydrogens is 487 g/mol. The zero-order chi connectivity index (χ0) is 26.6. The van der Waals surface area contributed by atoms with E-state index in [-0.39, 0.29) is 29.8 Å². The third-order valence-electron chi connectivity index (χ3n) is 7.02. The van der Waals surface area contributed by atoms with Crippen LogP contribution in [0.15, 0.2) is 42.5 Å². The summed E-state index contributed by atoms with van der Waals surface area (Å²) in [5, 5.41) is 3.81. The van der Waals surface area contributed by atoms with Crippen LogP contribution in [-0.4, -0.2) is 65.4 Å². The smallest absolute Gasteiger partial charge is 0.349 e. The first-order valence-corrected chi connectivity index (χ1v) is 11.8. The molecule has 2 aromatic carbocycles. The number of carbonyl (C=O) groups excluding carboxylic acids is 4. The van der Waals surface area contributed by atoms with Crippen molar-refractivity contribution in [3.8, 4) is 0 Å². The molecule has 182 valence electrons. The Bertz CT molecular complexity index is 1290. The number of imide groups is 1. The minimum atomic E-state index is -3.79. The molecule has 0 bridgehead atoms. The van der Waals surface area contributed by atoms with E-state index < -0.39 is 39.9 Å². The highest BCUT2D eigenvalue weighted by Gasteiger charge is 2.50. The van der Waals surface area contributed by atoms with Crippen molar-refractivity contribution in [3.05, 3.63) is 69.7 Å². The molecule has 1 unspecified atom stereocenters. The summed E-state index contributed by atoms with van der Waals surface area (Å²) in [4.78, 5) is 51.8. The number of fused-ring (bicyclic) bond motifs is 1. The van der Waals surface area contributed by atoms with Gasteiger partial charge in [-0.2, -0.15) is 8.78 Å². The van der Waals surface area contributed by atoms with E-state index in [9.17, 15) is 28.0 Å². The lowest BCUT2D eigenvalue weighted by molar-refractivity contribution is -0.147. The van der Waals surface area contributed by atoms with Gasteiger partial charge in [0.05, 0.1) is 5.44 Å². The van der Waals surface area contributed by atoms with Gasteiger partial charge in [-0.1, -0.05) is 35.9 Å². The maximum atomic E-state index is 14.8. The number of piperidine rings is 1. The summed E-state index contributed by atoms with van der Waals surface area (Å²) in [6.45, 7) is 0.109. The first-order valence-electron chi connectivity index (χ1n) is 11.4. The highest BCUT2D eigenvalue weighted by atomic mass is 35.5. The summed E-state index contributed by atoms with van der Waals surface area (Å²) in [6.07, 6.45) is 0.186. The molecule has 2 atom stereocenters. The Labute approximate surface area is 215 Å². The number of benzene rings is 2. The molecule has 2 N–H and O–H groups in total. The monoisotopic (exact) mass is 509 g/mol. The fourth-order valence-corrected chi connectivity index (χ4v) is 4.84. The van der Waals surface area contributed by atoms with Gasteiger partial charge < -0.3 is 10.2 Å². The van der Waals surface area contributed by atoms with Gasteiger partial charge in [-0.05, 0) is 35.7 Å². The highest BCUT2D eigenvalue weighted by molar-refractivity contribution is 6.41. The number of alkyl halides is 2. The molecule has 14 heteroatoms. The molecule has 4 amide bonds. The predicted molar refractivity (Wildman–Crippen MR) is 140 cm³/mol. The van der Waals surface area contributed by atoms with E-state index in [1.807, 2.05) is 0 Å². The molecule has 0 aromatic heterocycles. The summed E-state index contributed by atoms with van der Waals surface area (Å²) < 4.78 is 29.7. The van der Waals surface area contributed by atoms with Gasteiger partial charge >= 0.3 is 5.92 Å². The molecule has 0 spiro atoms. The van der Waals surface area contributed by atoms with Gasteiger partial charge in [-0.15, -0.1) is 0 Å². The predicted octanol–water partition coefficient (Wildman–Crippen LogP) is -1.62. The van der Waals surface area contributed by atoms with E-state index in [4.69, 9.17) is 11.6 Å². The summed E-state index contributed by atoms with van der Waals surface area (Å²) in [5.74, 6) is -6.98. The Kier molecular flexibility index (Phi) is 6.35. The van der Waals surface area contributed by atoms with Crippen LogP contribution in [0.1, 0.15) is 33.5 Å². The summed E-state index contributed by atoms with van der Waals surface area (Å²) in [6, 6.07) is 9.61. The molecule has 0 radical (unpaired) electrons. The van der Waals surface area contributed by atoms with Crippen molar-refractivity contribution in [1.82, 2.24) is 15.5 Å². The van der Waals surface area contributed by atoms with E-state index in [0.717, 1.165) is 12.1 Å². The molecule has 1 saturated heterocycles. The van der Waals surface area contributed by atoms with Gasteiger partial charge in [-0.3, -0.25) is 24.5 Å². The van der Waals surface area contributed by atoms with Gasteiger partial charge in [-0.25, -0.2) is 0 Å². The van der Waals surface area contributed by atoms with Gasteiger partial charge in [0, 0.05) is 33.8 Å². The molecule has 2 aromatic rings. The molecule has 2 heterocycles. The largest absolute Gasteiger partial charge is 0.357 e. The van der Waals surface area contributed by atoms with Gasteiger partial charge in [0.1, 0.15) is 31.4 Å². The number of halogens is 3. The average molecular weight is 509 g/mol. The first kappa shape index (κ1) is 26.0. The van der Waals surface area contributed by atoms with E-state index in [2.05, 4.69) is 10.6 Å². The Morgan fingerprint density at radius 1 is 1.11 bits per heavy atom. The van der Waals surface area contributed by atoms with Crippen LogP contribution in [0, 0.1) is 0 Å². The zero-order valence-corrected chi connectivity index (χ0v) is 21.0. The third-order valence-corrected chi connectivity index (χ3v) is 7.27. The molecule has 4 rings (SSSR count). The van der Waals surface area contributed by atoms with E-state index >= 15 is 0 Å². The molecule has 0 aliphatic carbocycles. The van der Waals surface area contributed by atoms with Crippen molar-refractivity contribution in [1.29, 1.82) is 0 Å². The van der Waals surface area contributed by atoms with Crippen molar-refractivity contribution < 1.29 is 28.0 Å². The van der Waals surface area contributed by atoms with Crippen LogP contribution < -0.4 is 10.6 Å². The second kappa shape index (κ2) is 8.80. The van der Waals surface area contributed by atoms with E-state index in [1.54, 1.807) is 49.6 Å². The summed E-state index contributed by atoms with van der Waals surface area (Å²) in [7, 11) is 6.49. The second-order valence-corrected chi connectivity index (χ2v) is 10.6. The molecular formula is C22H22B4ClF2N3O4. The molecule has 2 aliphatic rings. The van der Waals surface area contributed by atoms with Crippen LogP contribution in [0.3, 0.4) is 0 Å². The Balaban J connectivity index is 1.57. The minimum Gasteiger partial charge on any atom is -0.357 e. The number of nitrogens with zero attached hydrogens (tertiary/aromatic N) is 1. The van der Waals surface area contributed by atoms with Crippen LogP contribution in [0.4, 0.5) is 8.78 Å². The van der Waals surface area contributed by atoms with Gasteiger partial charge in [0.15, 0.2) is 0 Å². The number of hydrogen-bond donors (Lipinski definition) is 2. The SMILES string of the molecule is BC1C[C@](B)(N2Cc3cc(C(B)(B)NC(=O)C(F)(F)c4ccc(Cl)cc4)ccc3C2=O)C(=O)NC1=O. The fraction of sp³-hybridized carbons (Fsp3) is 0.273. The van der Waals surface area contributed by atoms with Crippen LogP contribution in [0.25, 0.3) is 0 Å². The molecule has 2 aliphatic heterocycles. The Morgan fingerprint density at radius 2 is 1.72 bits per heavy atom. The zero-order valence-electron chi connectivity index (χ0n) is 20.2. The fourth-order valence-electron chi connectivity index (χ4n) is 4.72. The minimum absolute atomic E-state index is 0.109. The van der Waals surface area contributed by atoms with Crippen molar-refractivity contribution in [2.45, 2.75) is 35.5 Å². The van der Waals surface area contributed by atoms with Gasteiger partial charge in [0.2, 0.25) is 11.8 Å². The lowest BCUT2D eigenvalue weighted by Crippen LogP contribution is -2.64. The lowest BCUT2D eigenvalue weighted by atomic mass is 9.57. The number of nitrogens with one attached hydrogen (secondary N) is 2. The topological polar surface area (TPSA) is 95.6 Å². The quantitative estimate of drug-likeness (QED) is 0.375. The lowest BCUT2D eigenvalue weighted by Gasteiger charge is -2.42. The van der Waals surface area contributed by atoms with E-state index in [0.29, 0.717) is 16.7 Å². The Hall–Kier alpha value is -3.07. The maximum Gasteiger partial charge on any atom is 0.349 e. The van der Waals surface area contributed by atoms with Crippen molar-refractivity contribution in [2.24, 2.45) is 0 Å². The van der Waals surface area contributed by atoms with Crippen LogP contribution in [0.2, 0.25) is 10.8 Å². The normalized spacial score (nSPS) is 22.2. The van der Waals surface area contributed by atoms with Crippen molar-refractivity contribution in [2.75, 3.05) is 0 Å². The van der Waals surface area contributed by atoms with Crippen LogP contribution >= 0.6 is 11.6 Å².